The van der Waals surface area contributed by atoms with Crippen molar-refractivity contribution in [2.24, 2.45) is 0 Å². The van der Waals surface area contributed by atoms with Crippen LogP contribution in [0.5, 0.6) is 0 Å². The second-order valence-corrected chi connectivity index (χ2v) is 6.23. The van der Waals surface area contributed by atoms with Gasteiger partial charge in [0.05, 0.1) is 15.7 Å². The summed E-state index contributed by atoms with van der Waals surface area (Å²) >= 11 is 28.7. The van der Waals surface area contributed by atoms with E-state index in [1.807, 2.05) is 0 Å². The molecule has 0 radical (unpaired) electrons. The number of hydrogen-bond donors (Lipinski definition) is 2. The summed E-state index contributed by atoms with van der Waals surface area (Å²) in [7, 11) is 0. The fraction of sp³-hybridized carbons (Fsp3) is 0. The van der Waals surface area contributed by atoms with Gasteiger partial charge in [-0.05, 0) is 42.5 Å². The van der Waals surface area contributed by atoms with Crippen LogP contribution in [0.15, 0.2) is 36.4 Å². The number of nitrogens with one attached hydrogen (secondary N) is 2. The van der Waals surface area contributed by atoms with Crippen LogP contribution in [0.4, 0.5) is 5.69 Å². The maximum atomic E-state index is 12.1. The largest absolute Gasteiger partial charge is 0.331 e. The lowest BCUT2D eigenvalue weighted by Gasteiger charge is -2.11. The Bertz CT molecular complexity index is 731. The van der Waals surface area contributed by atoms with E-state index in [0.717, 1.165) is 0 Å². The third-order valence-corrected chi connectivity index (χ3v) is 4.01. The van der Waals surface area contributed by atoms with E-state index >= 15 is 0 Å². The van der Waals surface area contributed by atoms with Crippen molar-refractivity contribution in [1.29, 1.82) is 0 Å². The van der Waals surface area contributed by atoms with Gasteiger partial charge in [-0.1, -0.05) is 52.5 Å². The number of benzene rings is 2. The first-order valence-corrected chi connectivity index (χ1v) is 7.81. The van der Waals surface area contributed by atoms with E-state index < -0.39 is 5.91 Å². The summed E-state index contributed by atoms with van der Waals surface area (Å²) in [5.41, 5.74) is 0.780. The molecule has 22 heavy (non-hydrogen) atoms. The van der Waals surface area contributed by atoms with Gasteiger partial charge in [0.25, 0.3) is 5.91 Å². The highest BCUT2D eigenvalue weighted by atomic mass is 35.5. The molecule has 2 aromatic carbocycles. The highest BCUT2D eigenvalue weighted by Crippen LogP contribution is 2.29. The molecule has 0 saturated carbocycles. The number of amides is 1. The number of anilines is 1. The highest BCUT2D eigenvalue weighted by molar-refractivity contribution is 7.80. The summed E-state index contributed by atoms with van der Waals surface area (Å²) < 4.78 is 0. The molecular weight excluding hydrogens is 386 g/mol. The number of carbonyl (C=O) groups is 1. The minimum Gasteiger partial charge on any atom is -0.331 e. The fourth-order valence-corrected chi connectivity index (χ4v) is 2.69. The Morgan fingerprint density at radius 1 is 1.00 bits per heavy atom. The number of carbonyl (C=O) groups excluding carboxylic acids is 1. The Morgan fingerprint density at radius 2 is 1.64 bits per heavy atom. The minimum atomic E-state index is -0.444. The topological polar surface area (TPSA) is 41.1 Å². The van der Waals surface area contributed by atoms with Gasteiger partial charge in [0, 0.05) is 15.6 Å². The molecular formula is C14H8Cl4N2OS. The molecule has 0 aromatic heterocycles. The van der Waals surface area contributed by atoms with Gasteiger partial charge in [-0.15, -0.1) is 0 Å². The standard InChI is InChI=1S/C14H8Cl4N2OS/c15-8-4-7(5-9(16)6-8)13(21)20-14(22)19-11-3-1-2-10(17)12(11)18/h1-6H,(H2,19,20,21,22). The Labute approximate surface area is 152 Å². The van der Waals surface area contributed by atoms with Crippen molar-refractivity contribution in [3.05, 3.63) is 62.1 Å². The average Bonchev–Trinajstić information content (AvgIpc) is 2.42. The van der Waals surface area contributed by atoms with Gasteiger partial charge in [0.2, 0.25) is 0 Å². The zero-order chi connectivity index (χ0) is 16.3. The van der Waals surface area contributed by atoms with Crippen molar-refractivity contribution >= 4 is 75.3 Å². The smallest absolute Gasteiger partial charge is 0.257 e. The van der Waals surface area contributed by atoms with Crippen LogP contribution in [-0.4, -0.2) is 11.0 Å². The molecule has 2 rings (SSSR count). The fourth-order valence-electron chi connectivity index (χ4n) is 1.61. The maximum absolute atomic E-state index is 12.1. The molecule has 2 N–H and O–H groups in total. The molecule has 0 saturated heterocycles. The summed E-state index contributed by atoms with van der Waals surface area (Å²) in [6.07, 6.45) is 0. The molecule has 1 amide bonds. The summed E-state index contributed by atoms with van der Waals surface area (Å²) in [4.78, 5) is 12.1. The first-order chi connectivity index (χ1) is 10.4. The summed E-state index contributed by atoms with van der Waals surface area (Å²) in [5, 5.41) is 6.78. The van der Waals surface area contributed by atoms with Gasteiger partial charge in [-0.3, -0.25) is 10.1 Å². The van der Waals surface area contributed by atoms with E-state index in [4.69, 9.17) is 58.6 Å². The number of hydrogen-bond acceptors (Lipinski definition) is 2. The maximum Gasteiger partial charge on any atom is 0.257 e. The Kier molecular flexibility index (Phi) is 5.89. The van der Waals surface area contributed by atoms with Crippen LogP contribution in [0, 0.1) is 0 Å². The summed E-state index contributed by atoms with van der Waals surface area (Å²) in [6, 6.07) is 9.53. The van der Waals surface area contributed by atoms with Gasteiger partial charge in [-0.2, -0.15) is 0 Å². The van der Waals surface area contributed by atoms with Crippen molar-refractivity contribution in [1.82, 2.24) is 5.32 Å². The lowest BCUT2D eigenvalue weighted by atomic mass is 10.2. The molecule has 0 aliphatic carbocycles. The number of halogens is 4. The Balaban J connectivity index is 2.08. The number of thiocarbonyl (C=S) groups is 1. The molecule has 0 fully saturated rings. The van der Waals surface area contributed by atoms with Crippen molar-refractivity contribution in [2.45, 2.75) is 0 Å². The minimum absolute atomic E-state index is 0.0743. The zero-order valence-corrected chi connectivity index (χ0v) is 14.6. The van der Waals surface area contributed by atoms with E-state index in [-0.39, 0.29) is 5.11 Å². The Hall–Kier alpha value is -1.04. The monoisotopic (exact) mass is 392 g/mol. The molecule has 0 heterocycles. The Morgan fingerprint density at radius 3 is 2.27 bits per heavy atom. The molecule has 0 aliphatic heterocycles. The predicted molar refractivity (Wildman–Crippen MR) is 96.6 cm³/mol. The van der Waals surface area contributed by atoms with E-state index in [0.29, 0.717) is 31.3 Å². The summed E-state index contributed by atoms with van der Waals surface area (Å²) in [6.45, 7) is 0. The van der Waals surface area contributed by atoms with Gasteiger partial charge < -0.3 is 5.32 Å². The molecule has 3 nitrogen and oxygen atoms in total. The van der Waals surface area contributed by atoms with Crippen LogP contribution in [0.3, 0.4) is 0 Å². The first kappa shape index (κ1) is 17.3. The average molecular weight is 394 g/mol. The van der Waals surface area contributed by atoms with E-state index in [2.05, 4.69) is 10.6 Å². The van der Waals surface area contributed by atoms with E-state index in [1.54, 1.807) is 18.2 Å². The molecule has 114 valence electrons. The predicted octanol–water partition coefficient (Wildman–Crippen LogP) is 5.43. The van der Waals surface area contributed by atoms with E-state index in [1.165, 1.54) is 18.2 Å². The molecule has 0 unspecified atom stereocenters. The molecule has 0 bridgehead atoms. The van der Waals surface area contributed by atoms with Gasteiger partial charge in [0.15, 0.2) is 5.11 Å². The quantitative estimate of drug-likeness (QED) is 0.668. The van der Waals surface area contributed by atoms with Crippen molar-refractivity contribution in [3.8, 4) is 0 Å². The third-order valence-electron chi connectivity index (χ3n) is 2.55. The second kappa shape index (κ2) is 7.49. The van der Waals surface area contributed by atoms with Gasteiger partial charge >= 0.3 is 0 Å². The van der Waals surface area contributed by atoms with E-state index in [9.17, 15) is 4.79 Å². The zero-order valence-electron chi connectivity index (χ0n) is 10.8. The lowest BCUT2D eigenvalue weighted by Crippen LogP contribution is -2.34. The van der Waals surface area contributed by atoms with Crippen LogP contribution in [0.2, 0.25) is 20.1 Å². The normalized spacial score (nSPS) is 10.2. The van der Waals surface area contributed by atoms with Crippen LogP contribution < -0.4 is 10.6 Å². The molecule has 0 atom stereocenters. The SMILES string of the molecule is O=C(NC(=S)Nc1cccc(Cl)c1Cl)c1cc(Cl)cc(Cl)c1. The second-order valence-electron chi connectivity index (χ2n) is 4.17. The van der Waals surface area contributed by atoms with Gasteiger partial charge in [-0.25, -0.2) is 0 Å². The third kappa shape index (κ3) is 4.48. The van der Waals surface area contributed by atoms with Crippen LogP contribution in [0.1, 0.15) is 10.4 Å². The van der Waals surface area contributed by atoms with Gasteiger partial charge in [0.1, 0.15) is 0 Å². The van der Waals surface area contributed by atoms with Crippen LogP contribution >= 0.6 is 58.6 Å². The molecule has 8 heteroatoms. The summed E-state index contributed by atoms with van der Waals surface area (Å²) in [5.74, 6) is -0.444. The molecule has 0 spiro atoms. The van der Waals surface area contributed by atoms with Crippen LogP contribution in [-0.2, 0) is 0 Å². The lowest BCUT2D eigenvalue weighted by molar-refractivity contribution is 0.0977. The van der Waals surface area contributed by atoms with Crippen molar-refractivity contribution in [3.63, 3.8) is 0 Å². The molecule has 2 aromatic rings. The highest BCUT2D eigenvalue weighted by Gasteiger charge is 2.11. The van der Waals surface area contributed by atoms with Crippen molar-refractivity contribution in [2.75, 3.05) is 5.32 Å². The van der Waals surface area contributed by atoms with Crippen molar-refractivity contribution < 1.29 is 4.79 Å². The number of rotatable bonds is 2. The molecule has 0 aliphatic rings. The van der Waals surface area contributed by atoms with Crippen LogP contribution in [0.25, 0.3) is 0 Å². The first-order valence-electron chi connectivity index (χ1n) is 5.89.